The predicted molar refractivity (Wildman–Crippen MR) is 111 cm³/mol. The molecule has 3 rings (SSSR count). The third kappa shape index (κ3) is 4.62. The Labute approximate surface area is 170 Å². The van der Waals surface area contributed by atoms with Gasteiger partial charge < -0.3 is 9.73 Å². The topological polar surface area (TPSA) is 73.0 Å². The van der Waals surface area contributed by atoms with Crippen molar-refractivity contribution in [2.45, 2.75) is 38.9 Å². The summed E-state index contributed by atoms with van der Waals surface area (Å²) >= 11 is 4.67. The van der Waals surface area contributed by atoms with Crippen LogP contribution < -0.4 is 5.32 Å². The van der Waals surface area contributed by atoms with Gasteiger partial charge in [0.2, 0.25) is 11.7 Å². The Hall–Kier alpha value is -2.06. The van der Waals surface area contributed by atoms with E-state index in [-0.39, 0.29) is 17.7 Å². The fraction of sp³-hybridized carbons (Fsp3) is 0.316. The van der Waals surface area contributed by atoms with Gasteiger partial charge in [-0.2, -0.15) is 0 Å². The van der Waals surface area contributed by atoms with Gasteiger partial charge in [0.1, 0.15) is 0 Å². The molecule has 1 N–H and O–H groups in total. The fourth-order valence-electron chi connectivity index (χ4n) is 2.71. The highest BCUT2D eigenvalue weighted by Crippen LogP contribution is 2.30. The Bertz CT molecular complexity index is 965. The number of thioether (sulfide) groups is 1. The Morgan fingerprint density at radius 2 is 2.04 bits per heavy atom. The maximum absolute atomic E-state index is 12.4. The minimum atomic E-state index is -0.0763. The molecule has 1 aromatic carbocycles. The first kappa shape index (κ1) is 19.7. The number of aromatic nitrogens is 3. The molecule has 0 aliphatic rings. The summed E-state index contributed by atoms with van der Waals surface area (Å²) in [7, 11) is 0. The lowest BCUT2D eigenvalue weighted by Crippen LogP contribution is -2.15. The second-order valence-corrected chi connectivity index (χ2v) is 8.25. The minimum Gasteiger partial charge on any atom is -0.446 e. The van der Waals surface area contributed by atoms with Crippen molar-refractivity contribution in [3.63, 3.8) is 0 Å². The molecular formula is C19H21BrN4O2S. The smallest absolute Gasteiger partial charge is 0.234 e. The molecule has 0 bridgehead atoms. The van der Waals surface area contributed by atoms with E-state index in [9.17, 15) is 4.79 Å². The Kier molecular flexibility index (Phi) is 6.06. The second kappa shape index (κ2) is 8.31. The Morgan fingerprint density at radius 3 is 2.67 bits per heavy atom. The highest BCUT2D eigenvalue weighted by molar-refractivity contribution is 9.10. The first-order chi connectivity index (χ1) is 12.8. The van der Waals surface area contributed by atoms with Gasteiger partial charge in [0.25, 0.3) is 0 Å². The van der Waals surface area contributed by atoms with Gasteiger partial charge >= 0.3 is 0 Å². The number of carbonyl (C=O) groups is 1. The van der Waals surface area contributed by atoms with Crippen LogP contribution in [0.5, 0.6) is 0 Å². The molecular weight excluding hydrogens is 428 g/mol. The number of halogens is 1. The van der Waals surface area contributed by atoms with E-state index >= 15 is 0 Å². The molecule has 0 fully saturated rings. The molecule has 2 aromatic heterocycles. The van der Waals surface area contributed by atoms with E-state index in [1.807, 2.05) is 62.6 Å². The van der Waals surface area contributed by atoms with Crippen LogP contribution in [0.1, 0.15) is 31.0 Å². The van der Waals surface area contributed by atoms with Crippen molar-refractivity contribution in [2.24, 2.45) is 0 Å². The molecule has 142 valence electrons. The van der Waals surface area contributed by atoms with Gasteiger partial charge in [0, 0.05) is 11.7 Å². The van der Waals surface area contributed by atoms with E-state index in [4.69, 9.17) is 4.42 Å². The first-order valence-corrected chi connectivity index (χ1v) is 10.3. The average Bonchev–Trinajstić information content (AvgIpc) is 3.21. The van der Waals surface area contributed by atoms with Crippen LogP contribution in [0.3, 0.4) is 0 Å². The molecule has 0 spiro atoms. The van der Waals surface area contributed by atoms with Crippen molar-refractivity contribution >= 4 is 39.3 Å². The van der Waals surface area contributed by atoms with Crippen molar-refractivity contribution in [3.05, 3.63) is 46.1 Å². The molecule has 0 radical (unpaired) electrons. The Balaban J connectivity index is 1.72. The number of amides is 1. The first-order valence-electron chi connectivity index (χ1n) is 8.55. The maximum atomic E-state index is 12.4. The molecule has 0 atom stereocenters. The van der Waals surface area contributed by atoms with Crippen LogP contribution in [0.2, 0.25) is 0 Å². The third-order valence-electron chi connectivity index (χ3n) is 3.96. The van der Waals surface area contributed by atoms with Crippen molar-refractivity contribution in [1.82, 2.24) is 14.8 Å². The normalized spacial score (nSPS) is 11.2. The summed E-state index contributed by atoms with van der Waals surface area (Å²) in [6, 6.07) is 9.75. The number of carbonyl (C=O) groups excluding carboxylic acids is 1. The molecule has 1 amide bonds. The van der Waals surface area contributed by atoms with Gasteiger partial charge in [-0.15, -0.1) is 10.2 Å². The highest BCUT2D eigenvalue weighted by atomic mass is 79.9. The lowest BCUT2D eigenvalue weighted by atomic mass is 10.1. The number of furan rings is 1. The molecule has 0 saturated carbocycles. The van der Waals surface area contributed by atoms with E-state index in [0.717, 1.165) is 11.3 Å². The van der Waals surface area contributed by atoms with Gasteiger partial charge in [0.15, 0.2) is 15.6 Å². The monoisotopic (exact) mass is 448 g/mol. The quantitative estimate of drug-likeness (QED) is 0.522. The van der Waals surface area contributed by atoms with Crippen molar-refractivity contribution in [1.29, 1.82) is 0 Å². The van der Waals surface area contributed by atoms with E-state index in [1.165, 1.54) is 17.3 Å². The highest BCUT2D eigenvalue weighted by Gasteiger charge is 2.20. The zero-order chi connectivity index (χ0) is 19.6. The summed E-state index contributed by atoms with van der Waals surface area (Å²) < 4.78 is 8.22. The van der Waals surface area contributed by atoms with Crippen molar-refractivity contribution in [2.75, 3.05) is 11.1 Å². The van der Waals surface area contributed by atoms with Crippen molar-refractivity contribution < 1.29 is 9.21 Å². The second-order valence-electron chi connectivity index (χ2n) is 6.53. The van der Waals surface area contributed by atoms with E-state index in [1.54, 1.807) is 0 Å². The number of benzene rings is 1. The molecule has 0 unspecified atom stereocenters. The lowest BCUT2D eigenvalue weighted by molar-refractivity contribution is -0.113. The summed E-state index contributed by atoms with van der Waals surface area (Å²) in [4.78, 5) is 12.4. The molecule has 3 aromatic rings. The third-order valence-corrected chi connectivity index (χ3v) is 5.33. The van der Waals surface area contributed by atoms with Crippen LogP contribution in [0, 0.1) is 13.8 Å². The predicted octanol–water partition coefficient (Wildman–Crippen LogP) is 5.23. The summed E-state index contributed by atoms with van der Waals surface area (Å²) in [6.07, 6.45) is 0. The number of hydrogen-bond donors (Lipinski definition) is 1. The van der Waals surface area contributed by atoms with Gasteiger partial charge in [-0.1, -0.05) is 29.5 Å². The van der Waals surface area contributed by atoms with E-state index in [2.05, 4.69) is 31.4 Å². The Morgan fingerprint density at radius 1 is 1.26 bits per heavy atom. The summed E-state index contributed by atoms with van der Waals surface area (Å²) in [6.45, 7) is 8.11. The molecule has 0 aliphatic carbocycles. The van der Waals surface area contributed by atoms with Crippen LogP contribution >= 0.6 is 27.7 Å². The number of nitrogens with zero attached hydrogens (tertiary/aromatic N) is 3. The molecule has 6 nitrogen and oxygen atoms in total. The number of rotatable bonds is 6. The van der Waals surface area contributed by atoms with Gasteiger partial charge in [-0.05, 0) is 67.4 Å². The van der Waals surface area contributed by atoms with Crippen LogP contribution in [-0.2, 0) is 4.79 Å². The molecule has 0 aliphatic heterocycles. The van der Waals surface area contributed by atoms with Gasteiger partial charge in [-0.3, -0.25) is 9.36 Å². The van der Waals surface area contributed by atoms with Crippen LogP contribution in [0.15, 0.2) is 44.6 Å². The zero-order valence-electron chi connectivity index (χ0n) is 15.6. The maximum Gasteiger partial charge on any atom is 0.234 e. The standard InChI is InChI=1S/C19H21BrN4O2S/c1-11(2)24-18(15-7-8-16(20)26-15)22-23-19(24)27-10-17(25)21-14-6-5-12(3)9-13(14)4/h5-9,11H,10H2,1-4H3,(H,21,25). The number of anilines is 1. The fourth-order valence-corrected chi connectivity index (χ4v) is 3.89. The van der Waals surface area contributed by atoms with E-state index < -0.39 is 0 Å². The van der Waals surface area contributed by atoms with E-state index in [0.29, 0.717) is 21.4 Å². The van der Waals surface area contributed by atoms with Crippen LogP contribution in [0.4, 0.5) is 5.69 Å². The lowest BCUT2D eigenvalue weighted by Gasteiger charge is -2.13. The average molecular weight is 449 g/mol. The SMILES string of the molecule is Cc1ccc(NC(=O)CSc2nnc(-c3ccc(Br)o3)n2C(C)C)c(C)c1. The molecule has 8 heteroatoms. The minimum absolute atomic E-state index is 0.0763. The van der Waals surface area contributed by atoms with Crippen molar-refractivity contribution in [3.8, 4) is 11.6 Å². The molecule has 27 heavy (non-hydrogen) atoms. The molecule has 0 saturated heterocycles. The number of aryl methyl sites for hydroxylation is 2. The number of hydrogen-bond acceptors (Lipinski definition) is 5. The zero-order valence-corrected chi connectivity index (χ0v) is 18.0. The van der Waals surface area contributed by atoms with Gasteiger partial charge in [-0.25, -0.2) is 0 Å². The largest absolute Gasteiger partial charge is 0.446 e. The number of nitrogens with one attached hydrogen (secondary N) is 1. The van der Waals surface area contributed by atoms with Gasteiger partial charge in [0.05, 0.1) is 5.75 Å². The van der Waals surface area contributed by atoms with Crippen LogP contribution in [-0.4, -0.2) is 26.4 Å². The van der Waals surface area contributed by atoms with Crippen LogP contribution in [0.25, 0.3) is 11.6 Å². The summed E-state index contributed by atoms with van der Waals surface area (Å²) in [5, 5.41) is 12.1. The summed E-state index contributed by atoms with van der Waals surface area (Å²) in [5.74, 6) is 1.45. The molecule has 2 heterocycles. The summed E-state index contributed by atoms with van der Waals surface area (Å²) in [5.41, 5.74) is 3.05.